The number of esters is 12. The van der Waals surface area contributed by atoms with Gasteiger partial charge in [0.2, 0.25) is 0 Å². The first-order valence-electron chi connectivity index (χ1n) is 21.4. The van der Waals surface area contributed by atoms with Crippen molar-refractivity contribution in [1.29, 1.82) is 0 Å². The van der Waals surface area contributed by atoms with E-state index in [0.717, 1.165) is 72.9 Å². The van der Waals surface area contributed by atoms with Crippen molar-refractivity contribution in [2.75, 3.05) is 79.3 Å². The quantitative estimate of drug-likeness (QED) is 0.0530. The third kappa shape index (κ3) is 23.1. The maximum Gasteiger partial charge on any atom is 0.338 e. The van der Waals surface area contributed by atoms with Crippen molar-refractivity contribution in [3.63, 3.8) is 0 Å². The molecule has 24 nitrogen and oxygen atoms in total. The molecule has 0 aromatic heterocycles. The molecular formula is C51H54O24. The lowest BCUT2D eigenvalue weighted by Crippen LogP contribution is -2.44. The van der Waals surface area contributed by atoms with Crippen LogP contribution in [0.4, 0.5) is 0 Å². The van der Waals surface area contributed by atoms with Crippen LogP contribution in [0.25, 0.3) is 0 Å². The molecule has 0 spiro atoms. The fraction of sp³-hybridized carbons (Fsp3) is 0.294. The minimum Gasteiger partial charge on any atom is -0.462 e. The monoisotopic (exact) mass is 1050 g/mol. The van der Waals surface area contributed by atoms with E-state index >= 15 is 0 Å². The van der Waals surface area contributed by atoms with Gasteiger partial charge in [0, 0.05) is 54.7 Å². The number of carbonyl (C=O) groups excluding carboxylic acids is 12. The molecule has 0 bridgehead atoms. The van der Waals surface area contributed by atoms with Gasteiger partial charge in [-0.15, -0.1) is 0 Å². The SMILES string of the molecule is C=CC(=O)OCC(COC(=O)C=C)(COC(=O)C=C)COC(=O)c1cc(C(=O)OCC(COC(=O)C=C)(COC(=O)C=C)COC(=O)C=C)cc(C(=O)OCC(COC(=O)C=C)(COC(=O)C=C)COC(=O)C=C)c1. The average Bonchev–Trinajstić information content (AvgIpc) is 3.44. The summed E-state index contributed by atoms with van der Waals surface area (Å²) < 4.78 is 63.1. The zero-order valence-electron chi connectivity index (χ0n) is 40.6. The van der Waals surface area contributed by atoms with E-state index in [1.807, 2.05) is 0 Å². The number of benzene rings is 1. The van der Waals surface area contributed by atoms with Crippen LogP contribution in [-0.4, -0.2) is 151 Å². The topological polar surface area (TPSA) is 316 Å². The molecule has 0 atom stereocenters. The van der Waals surface area contributed by atoms with E-state index in [9.17, 15) is 57.5 Å². The van der Waals surface area contributed by atoms with E-state index in [4.69, 9.17) is 56.8 Å². The largest absolute Gasteiger partial charge is 0.462 e. The second-order valence-corrected chi connectivity index (χ2v) is 15.3. The molecule has 0 aliphatic heterocycles. The van der Waals surface area contributed by atoms with Gasteiger partial charge in [0.05, 0.1) is 16.7 Å². The van der Waals surface area contributed by atoms with E-state index in [1.54, 1.807) is 0 Å². The highest BCUT2D eigenvalue weighted by atomic mass is 16.6. The summed E-state index contributed by atoms with van der Waals surface area (Å²) in [7, 11) is 0. The Labute approximate surface area is 429 Å². The number of hydrogen-bond donors (Lipinski definition) is 0. The zero-order chi connectivity index (χ0) is 56.6. The van der Waals surface area contributed by atoms with Gasteiger partial charge in [-0.1, -0.05) is 59.2 Å². The van der Waals surface area contributed by atoms with Crippen LogP contribution in [0.15, 0.2) is 132 Å². The van der Waals surface area contributed by atoms with Crippen LogP contribution in [0.3, 0.4) is 0 Å². The fourth-order valence-corrected chi connectivity index (χ4v) is 5.19. The molecule has 1 aromatic rings. The maximum absolute atomic E-state index is 14.1. The average molecular weight is 1050 g/mol. The van der Waals surface area contributed by atoms with E-state index < -0.39 is 184 Å². The van der Waals surface area contributed by atoms with Gasteiger partial charge in [0.15, 0.2) is 0 Å². The van der Waals surface area contributed by atoms with E-state index in [-0.39, 0.29) is 0 Å². The Morgan fingerprint density at radius 3 is 0.493 bits per heavy atom. The fourth-order valence-electron chi connectivity index (χ4n) is 5.19. The summed E-state index contributed by atoms with van der Waals surface area (Å²) in [5.41, 5.74) is -7.57. The third-order valence-corrected chi connectivity index (χ3v) is 9.35. The molecule has 0 aliphatic rings. The van der Waals surface area contributed by atoms with Crippen LogP contribution < -0.4 is 0 Å². The molecule has 0 fully saturated rings. The normalized spacial score (nSPS) is 10.6. The first kappa shape index (κ1) is 63.5. The van der Waals surface area contributed by atoms with Crippen molar-refractivity contribution in [3.05, 3.63) is 149 Å². The van der Waals surface area contributed by atoms with Crippen LogP contribution >= 0.6 is 0 Å². The summed E-state index contributed by atoms with van der Waals surface area (Å²) in [4.78, 5) is 152. The molecular weight excluding hydrogens is 997 g/mol. The molecule has 0 amide bonds. The molecule has 0 N–H and O–H groups in total. The minimum absolute atomic E-state index is 0.642. The summed E-state index contributed by atoms with van der Waals surface area (Å²) in [6.45, 7) is 20.1. The number of carbonyl (C=O) groups is 12. The van der Waals surface area contributed by atoms with Crippen LogP contribution in [0.1, 0.15) is 31.1 Å². The Kier molecular flexibility index (Phi) is 27.5. The Bertz CT molecular complexity index is 1970. The van der Waals surface area contributed by atoms with Gasteiger partial charge in [0.1, 0.15) is 95.5 Å². The zero-order valence-corrected chi connectivity index (χ0v) is 40.6. The molecule has 0 heterocycles. The lowest BCUT2D eigenvalue weighted by atomic mass is 9.92. The maximum atomic E-state index is 14.1. The molecule has 0 aliphatic carbocycles. The van der Waals surface area contributed by atoms with Gasteiger partial charge >= 0.3 is 71.6 Å². The summed E-state index contributed by atoms with van der Waals surface area (Å²) in [5.74, 6) is -13.2. The molecule has 1 rings (SSSR count). The molecule has 0 unspecified atom stereocenters. The standard InChI is InChI=1S/C51H54O24/c1-10-37(52)64-22-49(23-65-38(53)11-2,24-66-39(54)12-3)31-73-46(61)34-19-35(47(62)74-32-50(25-67-40(55)13-4,26-68-41(56)14-5)27-69-42(57)15-6)21-36(20-34)48(63)75-33-51(28-70-43(58)16-7,29-71-44(59)17-8)30-72-45(60)18-9/h10-21H,1-9,22-33H2. The highest BCUT2D eigenvalue weighted by Gasteiger charge is 2.41. The van der Waals surface area contributed by atoms with Gasteiger partial charge in [-0.2, -0.15) is 0 Å². The van der Waals surface area contributed by atoms with Gasteiger partial charge in [-0.3, -0.25) is 0 Å². The van der Waals surface area contributed by atoms with E-state index in [2.05, 4.69) is 59.2 Å². The van der Waals surface area contributed by atoms with Crippen molar-refractivity contribution in [2.45, 2.75) is 0 Å². The first-order chi connectivity index (χ1) is 35.6. The Hall–Kier alpha value is -9.48. The summed E-state index contributed by atoms with van der Waals surface area (Å²) >= 11 is 0. The van der Waals surface area contributed by atoms with Gasteiger partial charge < -0.3 is 56.8 Å². The van der Waals surface area contributed by atoms with Crippen molar-refractivity contribution in [1.82, 2.24) is 0 Å². The summed E-state index contributed by atoms with van der Waals surface area (Å²) in [6.07, 6.45) is 6.93. The van der Waals surface area contributed by atoms with E-state index in [0.29, 0.717) is 0 Å². The third-order valence-electron chi connectivity index (χ3n) is 9.35. The van der Waals surface area contributed by atoms with Crippen LogP contribution in [0.5, 0.6) is 0 Å². The molecule has 24 heteroatoms. The molecule has 0 saturated carbocycles. The van der Waals surface area contributed by atoms with Crippen molar-refractivity contribution in [3.8, 4) is 0 Å². The number of hydrogen-bond acceptors (Lipinski definition) is 24. The Balaban J connectivity index is 4.13. The van der Waals surface area contributed by atoms with Crippen LogP contribution in [0, 0.1) is 16.2 Å². The summed E-state index contributed by atoms with van der Waals surface area (Å²) in [5, 5.41) is 0. The smallest absolute Gasteiger partial charge is 0.338 e. The van der Waals surface area contributed by atoms with E-state index in [1.165, 1.54) is 0 Å². The first-order valence-corrected chi connectivity index (χ1v) is 21.4. The van der Waals surface area contributed by atoms with Crippen molar-refractivity contribution >= 4 is 71.6 Å². The number of rotatable bonds is 36. The Morgan fingerprint density at radius 2 is 0.373 bits per heavy atom. The molecule has 1 aromatic carbocycles. The molecule has 402 valence electrons. The van der Waals surface area contributed by atoms with Gasteiger partial charge in [0.25, 0.3) is 0 Å². The number of ether oxygens (including phenoxy) is 12. The summed E-state index contributed by atoms with van der Waals surface area (Å²) in [6, 6.07) is 2.52. The highest BCUT2D eigenvalue weighted by Crippen LogP contribution is 2.27. The second-order valence-electron chi connectivity index (χ2n) is 15.3. The molecule has 75 heavy (non-hydrogen) atoms. The lowest BCUT2D eigenvalue weighted by Gasteiger charge is -2.31. The van der Waals surface area contributed by atoms with Gasteiger partial charge in [-0.05, 0) is 18.2 Å². The van der Waals surface area contributed by atoms with Crippen molar-refractivity contribution in [2.24, 2.45) is 16.2 Å². The van der Waals surface area contributed by atoms with Crippen LogP contribution in [0.2, 0.25) is 0 Å². The van der Waals surface area contributed by atoms with Crippen molar-refractivity contribution < 1.29 is 114 Å². The molecule has 0 saturated heterocycles. The second kappa shape index (κ2) is 32.5. The molecule has 0 radical (unpaired) electrons. The lowest BCUT2D eigenvalue weighted by molar-refractivity contribution is -0.161. The predicted molar refractivity (Wildman–Crippen MR) is 255 cm³/mol. The van der Waals surface area contributed by atoms with Crippen LogP contribution in [-0.2, 0) is 100.0 Å². The highest BCUT2D eigenvalue weighted by molar-refractivity contribution is 6.00. The van der Waals surface area contributed by atoms with Gasteiger partial charge in [-0.25, -0.2) is 57.5 Å². The minimum atomic E-state index is -1.88. The Morgan fingerprint density at radius 1 is 0.253 bits per heavy atom. The predicted octanol–water partition coefficient (Wildman–Crippen LogP) is 2.68.